The third-order valence-electron chi connectivity index (χ3n) is 10.7. The number of aryl methyl sites for hydroxylation is 1. The first-order chi connectivity index (χ1) is 25.3. The molecule has 4 aromatic carbocycles. The highest BCUT2D eigenvalue weighted by Gasteiger charge is 2.42. The molecule has 0 aromatic heterocycles. The molecule has 0 heterocycles. The van der Waals surface area contributed by atoms with E-state index in [2.05, 4.69) is 30.7 Å². The summed E-state index contributed by atoms with van der Waals surface area (Å²) in [6, 6.07) is 12.2. The number of hydrogen-bond donors (Lipinski definition) is 0. The number of hydrogen-bond acceptors (Lipinski definition) is 1. The van der Waals surface area contributed by atoms with Gasteiger partial charge in [0.15, 0.2) is 17.5 Å². The molecule has 0 unspecified atom stereocenters. The number of halogens is 8. The van der Waals surface area contributed by atoms with E-state index in [1.54, 1.807) is 25.0 Å². The van der Waals surface area contributed by atoms with Crippen LogP contribution in [-0.4, -0.2) is 0 Å². The van der Waals surface area contributed by atoms with E-state index < -0.39 is 52.3 Å². The fourth-order valence-corrected chi connectivity index (χ4v) is 7.91. The van der Waals surface area contributed by atoms with Gasteiger partial charge in [0.1, 0.15) is 28.8 Å². The number of benzene rings is 4. The highest BCUT2D eigenvalue weighted by atomic mass is 19.3. The first-order valence-electron chi connectivity index (χ1n) is 18.5. The van der Waals surface area contributed by atoms with E-state index in [1.165, 1.54) is 63.5 Å². The Morgan fingerprint density at radius 2 is 1.17 bits per heavy atom. The summed E-state index contributed by atoms with van der Waals surface area (Å²) in [5.41, 5.74) is -0.319. The molecule has 4 aromatic rings. The molecular formula is C44H46F8O. The summed E-state index contributed by atoms with van der Waals surface area (Å²) in [7, 11) is 0. The maximum absolute atomic E-state index is 14.8. The maximum Gasteiger partial charge on any atom is 0.432 e. The Hall–Kier alpha value is -4.14. The summed E-state index contributed by atoms with van der Waals surface area (Å²) >= 11 is 0. The van der Waals surface area contributed by atoms with Gasteiger partial charge in [-0.25, -0.2) is 26.3 Å². The van der Waals surface area contributed by atoms with Crippen LogP contribution in [0.15, 0.2) is 78.9 Å². The van der Waals surface area contributed by atoms with E-state index >= 15 is 0 Å². The fourth-order valence-electron chi connectivity index (χ4n) is 7.91. The molecule has 0 N–H and O–H groups in total. The molecule has 53 heavy (non-hydrogen) atoms. The number of allylic oxidation sites excluding steroid dienone is 2. The minimum Gasteiger partial charge on any atom is -0.429 e. The molecule has 0 atom stereocenters. The van der Waals surface area contributed by atoms with Crippen LogP contribution in [0.1, 0.15) is 89.2 Å². The summed E-state index contributed by atoms with van der Waals surface area (Å²) in [6.07, 6.45) is 14.9. The molecule has 2 fully saturated rings. The van der Waals surface area contributed by atoms with Crippen molar-refractivity contribution in [2.45, 2.75) is 91.1 Å². The van der Waals surface area contributed by atoms with Crippen LogP contribution < -0.4 is 4.74 Å². The van der Waals surface area contributed by atoms with Crippen LogP contribution in [0.2, 0.25) is 0 Å². The van der Waals surface area contributed by atoms with Gasteiger partial charge in [-0.3, -0.25) is 0 Å². The zero-order valence-corrected chi connectivity index (χ0v) is 30.3. The van der Waals surface area contributed by atoms with E-state index in [9.17, 15) is 35.1 Å². The van der Waals surface area contributed by atoms with Gasteiger partial charge in [-0.1, -0.05) is 86.7 Å². The summed E-state index contributed by atoms with van der Waals surface area (Å²) in [4.78, 5) is 0. The van der Waals surface area contributed by atoms with Gasteiger partial charge in [0, 0.05) is 17.7 Å². The molecule has 2 aliphatic carbocycles. The van der Waals surface area contributed by atoms with E-state index in [0.717, 1.165) is 35.3 Å². The molecule has 0 radical (unpaired) electrons. The second-order valence-electron chi connectivity index (χ2n) is 14.5. The quantitative estimate of drug-likeness (QED) is 0.0943. The molecular weight excluding hydrogens is 696 g/mol. The van der Waals surface area contributed by atoms with Crippen molar-refractivity contribution in [3.05, 3.63) is 125 Å². The van der Waals surface area contributed by atoms with E-state index in [0.29, 0.717) is 23.3 Å². The van der Waals surface area contributed by atoms with Gasteiger partial charge in [0.05, 0.1) is 0 Å². The lowest BCUT2D eigenvalue weighted by Crippen LogP contribution is -2.25. The van der Waals surface area contributed by atoms with Gasteiger partial charge in [0.2, 0.25) is 0 Å². The number of alkyl halides is 2. The summed E-state index contributed by atoms with van der Waals surface area (Å²) in [5.74, 6) is -7.11. The van der Waals surface area contributed by atoms with Crippen LogP contribution >= 0.6 is 0 Å². The molecule has 2 saturated carbocycles. The normalized spacial score (nSPS) is 20.6. The lowest BCUT2D eigenvalue weighted by molar-refractivity contribution is -0.189. The Balaban J connectivity index is 0.000000252. The molecule has 0 spiro atoms. The van der Waals surface area contributed by atoms with Gasteiger partial charge >= 0.3 is 6.11 Å². The minimum absolute atomic E-state index is 0.0987. The minimum atomic E-state index is -4.74. The summed E-state index contributed by atoms with van der Waals surface area (Å²) in [5, 5.41) is 0. The largest absolute Gasteiger partial charge is 0.432 e. The standard InChI is InChI=1S/C26H14F8O.C18H32/c1-13-2-4-14(5-3-13)15-6-7-18(19(27)8-15)16-9-20(28)24(21(29)10-16)26(33,34)35-17-11-22(30)25(32)23(31)12-17;1-3-5-15-7-11-17(12-8-15)18-13-9-16(6-4-2)10-14-18/h2-12H,1H3;3,5,15-18H,4,6-14H2,1-2H3/b;5-3+. The Labute approximate surface area is 307 Å². The highest BCUT2D eigenvalue weighted by molar-refractivity contribution is 5.71. The van der Waals surface area contributed by atoms with Crippen molar-refractivity contribution in [2.24, 2.45) is 23.7 Å². The van der Waals surface area contributed by atoms with Crippen LogP contribution in [0.25, 0.3) is 22.3 Å². The molecule has 1 nitrogen and oxygen atoms in total. The van der Waals surface area contributed by atoms with Gasteiger partial charge in [-0.05, 0) is 111 Å². The lowest BCUT2D eigenvalue weighted by atomic mass is 9.69. The van der Waals surface area contributed by atoms with Crippen molar-refractivity contribution in [2.75, 3.05) is 0 Å². The van der Waals surface area contributed by atoms with Crippen molar-refractivity contribution >= 4 is 0 Å². The summed E-state index contributed by atoms with van der Waals surface area (Å²) in [6.45, 7) is 6.39. The van der Waals surface area contributed by atoms with E-state index in [1.807, 2.05) is 19.1 Å². The molecule has 6 rings (SSSR count). The second kappa shape index (κ2) is 17.8. The lowest BCUT2D eigenvalue weighted by Gasteiger charge is -2.37. The third-order valence-corrected chi connectivity index (χ3v) is 10.7. The average molecular weight is 743 g/mol. The van der Waals surface area contributed by atoms with Crippen LogP contribution in [0.4, 0.5) is 35.1 Å². The SMILES string of the molecule is C/C=C/C1CCC(C2CCC(CCC)CC2)CC1.Cc1ccc(-c2ccc(-c3cc(F)c(C(F)(F)Oc4cc(F)c(F)c(F)c4)c(F)c3)c(F)c2)cc1. The zero-order valence-electron chi connectivity index (χ0n) is 30.3. The highest BCUT2D eigenvalue weighted by Crippen LogP contribution is 2.43. The fraction of sp³-hybridized carbons (Fsp3) is 0.409. The Bertz CT molecular complexity index is 1810. The molecule has 2 aliphatic rings. The van der Waals surface area contributed by atoms with Crippen molar-refractivity contribution in [1.82, 2.24) is 0 Å². The van der Waals surface area contributed by atoms with Crippen molar-refractivity contribution in [3.63, 3.8) is 0 Å². The van der Waals surface area contributed by atoms with Crippen LogP contribution in [0.3, 0.4) is 0 Å². The van der Waals surface area contributed by atoms with Crippen molar-refractivity contribution in [3.8, 4) is 28.0 Å². The maximum atomic E-state index is 14.8. The molecule has 284 valence electrons. The third kappa shape index (κ3) is 10.1. The van der Waals surface area contributed by atoms with Gasteiger partial charge in [-0.2, -0.15) is 8.78 Å². The smallest absolute Gasteiger partial charge is 0.429 e. The molecule has 0 saturated heterocycles. The number of rotatable bonds is 9. The number of ether oxygens (including phenoxy) is 1. The average Bonchev–Trinajstić information content (AvgIpc) is 3.11. The van der Waals surface area contributed by atoms with Gasteiger partial charge in [-0.15, -0.1) is 0 Å². The topological polar surface area (TPSA) is 9.23 Å². The first-order valence-corrected chi connectivity index (χ1v) is 18.5. The van der Waals surface area contributed by atoms with E-state index in [4.69, 9.17) is 0 Å². The Kier molecular flexibility index (Phi) is 13.4. The second-order valence-corrected chi connectivity index (χ2v) is 14.5. The van der Waals surface area contributed by atoms with Gasteiger partial charge < -0.3 is 4.74 Å². The zero-order chi connectivity index (χ0) is 38.3. The molecule has 0 bridgehead atoms. The Morgan fingerprint density at radius 1 is 0.642 bits per heavy atom. The summed E-state index contributed by atoms with van der Waals surface area (Å²) < 4.78 is 117. The van der Waals surface area contributed by atoms with Gasteiger partial charge in [0.25, 0.3) is 0 Å². The van der Waals surface area contributed by atoms with E-state index in [-0.39, 0.29) is 23.3 Å². The Morgan fingerprint density at radius 3 is 1.70 bits per heavy atom. The van der Waals surface area contributed by atoms with Crippen LogP contribution in [0, 0.1) is 65.5 Å². The first kappa shape index (κ1) is 40.1. The monoisotopic (exact) mass is 742 g/mol. The molecule has 0 amide bonds. The van der Waals surface area contributed by atoms with Crippen LogP contribution in [-0.2, 0) is 6.11 Å². The molecule has 0 aliphatic heterocycles. The predicted molar refractivity (Wildman–Crippen MR) is 193 cm³/mol. The molecule has 9 heteroatoms. The van der Waals surface area contributed by atoms with Crippen molar-refractivity contribution in [1.29, 1.82) is 0 Å². The van der Waals surface area contributed by atoms with Crippen molar-refractivity contribution < 1.29 is 39.9 Å². The predicted octanol–water partition coefficient (Wildman–Crippen LogP) is 14.3. The van der Waals surface area contributed by atoms with Crippen LogP contribution in [0.5, 0.6) is 5.75 Å².